The zero-order valence-corrected chi connectivity index (χ0v) is 34.7. The summed E-state index contributed by atoms with van der Waals surface area (Å²) < 4.78 is 0. The maximum atomic E-state index is 2.51. The van der Waals surface area contributed by atoms with Gasteiger partial charge in [0.25, 0.3) is 0 Å². The summed E-state index contributed by atoms with van der Waals surface area (Å²) >= 11 is 0. The van der Waals surface area contributed by atoms with E-state index >= 15 is 0 Å². The van der Waals surface area contributed by atoms with E-state index in [1.165, 1.54) is 60.7 Å². The molecule has 0 saturated carbocycles. The third kappa shape index (κ3) is 7.52. The van der Waals surface area contributed by atoms with Crippen molar-refractivity contribution in [2.45, 2.75) is 98.8 Å². The van der Waals surface area contributed by atoms with Crippen molar-refractivity contribution in [3.8, 4) is 0 Å². The lowest BCUT2D eigenvalue weighted by Crippen LogP contribution is -2.16. The second-order valence-corrected chi connectivity index (χ2v) is 17.5. The van der Waals surface area contributed by atoms with Crippen LogP contribution in [0.2, 0.25) is 0 Å². The number of anilines is 6. The maximum absolute atomic E-state index is 2.51. The molecular formula is C53H58N2. The van der Waals surface area contributed by atoms with Gasteiger partial charge in [-0.2, -0.15) is 0 Å². The summed E-state index contributed by atoms with van der Waals surface area (Å²) in [5.74, 6) is 0.476. The quantitative estimate of drug-likeness (QED) is 0.108. The van der Waals surface area contributed by atoms with Crippen LogP contribution < -0.4 is 9.80 Å². The van der Waals surface area contributed by atoms with E-state index in [9.17, 15) is 0 Å². The minimum absolute atomic E-state index is 0.0585. The first-order chi connectivity index (χ1) is 26.3. The second-order valence-electron chi connectivity index (χ2n) is 17.5. The summed E-state index contributed by atoms with van der Waals surface area (Å²) in [6, 6.07) is 52.9. The summed E-state index contributed by atoms with van der Waals surface area (Å²) in [5, 5.41) is 4.91. The van der Waals surface area contributed by atoms with Gasteiger partial charge in [0.1, 0.15) is 0 Å². The molecule has 7 aromatic rings. The summed E-state index contributed by atoms with van der Waals surface area (Å²) in [6.45, 7) is 22.7. The lowest BCUT2D eigenvalue weighted by molar-refractivity contribution is 0.590. The number of rotatable bonds is 9. The third-order valence-corrected chi connectivity index (χ3v) is 11.5. The number of hydrogen-bond acceptors (Lipinski definition) is 2. The Morgan fingerprint density at radius 3 is 1.13 bits per heavy atom. The molecule has 280 valence electrons. The predicted molar refractivity (Wildman–Crippen MR) is 241 cm³/mol. The average Bonchev–Trinajstić information content (AvgIpc) is 3.17. The van der Waals surface area contributed by atoms with E-state index < -0.39 is 0 Å². The fourth-order valence-electron chi connectivity index (χ4n) is 8.07. The van der Waals surface area contributed by atoms with Crippen molar-refractivity contribution < 1.29 is 0 Å². The molecule has 0 heterocycles. The first-order valence-corrected chi connectivity index (χ1v) is 20.2. The molecule has 0 aromatic heterocycles. The minimum Gasteiger partial charge on any atom is -0.309 e. The Bertz CT molecular complexity index is 2400. The lowest BCUT2D eigenvalue weighted by Gasteiger charge is -2.33. The highest BCUT2D eigenvalue weighted by atomic mass is 15.2. The van der Waals surface area contributed by atoms with Gasteiger partial charge >= 0.3 is 0 Å². The molecule has 2 heteroatoms. The molecule has 55 heavy (non-hydrogen) atoms. The molecule has 0 unspecified atom stereocenters. The largest absolute Gasteiger partial charge is 0.309 e. The Morgan fingerprint density at radius 1 is 0.418 bits per heavy atom. The number of fused-ring (bicyclic) bond motifs is 2. The highest BCUT2D eigenvalue weighted by Gasteiger charge is 2.27. The number of hydrogen-bond donors (Lipinski definition) is 0. The normalized spacial score (nSPS) is 12.1. The predicted octanol–water partition coefficient (Wildman–Crippen LogP) is 16.0. The van der Waals surface area contributed by atoms with Gasteiger partial charge in [0, 0.05) is 44.3 Å². The molecule has 0 N–H and O–H groups in total. The summed E-state index contributed by atoms with van der Waals surface area (Å²) in [6.07, 6.45) is 2.20. The average molecular weight is 723 g/mol. The van der Waals surface area contributed by atoms with E-state index in [1.54, 1.807) is 0 Å². The van der Waals surface area contributed by atoms with E-state index in [-0.39, 0.29) is 10.8 Å². The van der Waals surface area contributed by atoms with Crippen LogP contribution >= 0.6 is 0 Å². The molecule has 0 bridgehead atoms. The van der Waals surface area contributed by atoms with Crippen LogP contribution in [0.5, 0.6) is 0 Å². The smallest absolute Gasteiger partial charge is 0.0620 e. The molecular weight excluding hydrogens is 665 g/mol. The highest BCUT2D eigenvalue weighted by Crippen LogP contribution is 2.52. The van der Waals surface area contributed by atoms with Gasteiger partial charge in [0.05, 0.1) is 11.4 Å². The van der Waals surface area contributed by atoms with Crippen LogP contribution in [0.4, 0.5) is 34.1 Å². The SMILES string of the molecule is CCC(CC)c1ccc2c(N(c3ccc(C)cc3)c3ccc(C(C)(C)C)cc3)c3ccccc3c(N(c3ccc(C)cc3)c3ccc(C(C)(C)C)cc3)c2c1. The molecule has 0 atom stereocenters. The topological polar surface area (TPSA) is 6.48 Å². The molecule has 0 aliphatic heterocycles. The van der Waals surface area contributed by atoms with Gasteiger partial charge in [-0.25, -0.2) is 0 Å². The van der Waals surface area contributed by atoms with Crippen molar-refractivity contribution in [2.24, 2.45) is 0 Å². The van der Waals surface area contributed by atoms with Crippen LogP contribution in [-0.2, 0) is 10.8 Å². The molecule has 2 nitrogen and oxygen atoms in total. The third-order valence-electron chi connectivity index (χ3n) is 11.5. The van der Waals surface area contributed by atoms with Gasteiger partial charge in [-0.1, -0.05) is 151 Å². The Balaban J connectivity index is 1.62. The van der Waals surface area contributed by atoms with Gasteiger partial charge < -0.3 is 9.80 Å². The lowest BCUT2D eigenvalue weighted by atomic mass is 9.86. The number of nitrogens with zero attached hydrogens (tertiary/aromatic N) is 2. The van der Waals surface area contributed by atoms with Crippen molar-refractivity contribution in [1.82, 2.24) is 0 Å². The maximum Gasteiger partial charge on any atom is 0.0620 e. The molecule has 0 saturated heterocycles. The van der Waals surface area contributed by atoms with Gasteiger partial charge in [0.15, 0.2) is 0 Å². The van der Waals surface area contributed by atoms with Crippen molar-refractivity contribution >= 4 is 55.7 Å². The van der Waals surface area contributed by atoms with Crippen molar-refractivity contribution in [2.75, 3.05) is 9.80 Å². The van der Waals surface area contributed by atoms with E-state index in [0.717, 1.165) is 35.6 Å². The minimum atomic E-state index is 0.0585. The zero-order chi connectivity index (χ0) is 39.1. The van der Waals surface area contributed by atoms with E-state index in [0.29, 0.717) is 5.92 Å². The van der Waals surface area contributed by atoms with Gasteiger partial charge in [-0.05, 0) is 115 Å². The van der Waals surface area contributed by atoms with Crippen molar-refractivity contribution in [3.05, 3.63) is 167 Å². The Labute approximate surface area is 330 Å². The zero-order valence-electron chi connectivity index (χ0n) is 34.7. The molecule has 0 fully saturated rings. The molecule has 0 spiro atoms. The van der Waals surface area contributed by atoms with Crippen LogP contribution in [0.3, 0.4) is 0 Å². The highest BCUT2D eigenvalue weighted by molar-refractivity contribution is 6.23. The summed E-state index contributed by atoms with van der Waals surface area (Å²) in [7, 11) is 0. The van der Waals surface area contributed by atoms with Crippen LogP contribution in [0.25, 0.3) is 21.5 Å². The van der Waals surface area contributed by atoms with Crippen LogP contribution in [-0.4, -0.2) is 0 Å². The fraction of sp³-hybridized carbons (Fsp3) is 0.283. The van der Waals surface area contributed by atoms with Crippen LogP contribution in [0.15, 0.2) is 140 Å². The Hall–Kier alpha value is -5.34. The monoisotopic (exact) mass is 722 g/mol. The molecule has 0 radical (unpaired) electrons. The number of aryl methyl sites for hydroxylation is 2. The van der Waals surface area contributed by atoms with Crippen molar-refractivity contribution in [3.63, 3.8) is 0 Å². The Morgan fingerprint density at radius 2 is 0.764 bits per heavy atom. The van der Waals surface area contributed by atoms with E-state index in [1.807, 2.05) is 0 Å². The van der Waals surface area contributed by atoms with Gasteiger partial charge in [0.2, 0.25) is 0 Å². The second kappa shape index (κ2) is 15.1. The first kappa shape index (κ1) is 38.0. The molecule has 0 aliphatic rings. The summed E-state index contributed by atoms with van der Waals surface area (Å²) in [5.41, 5.74) is 13.7. The number of benzene rings is 7. The molecule has 7 rings (SSSR count). The van der Waals surface area contributed by atoms with Crippen molar-refractivity contribution in [1.29, 1.82) is 0 Å². The van der Waals surface area contributed by atoms with Gasteiger partial charge in [-0.15, -0.1) is 0 Å². The van der Waals surface area contributed by atoms with Crippen LogP contribution in [0.1, 0.15) is 102 Å². The Kier molecular flexibility index (Phi) is 10.4. The summed E-state index contributed by atoms with van der Waals surface area (Å²) in [4.78, 5) is 5.00. The van der Waals surface area contributed by atoms with E-state index in [2.05, 4.69) is 219 Å². The van der Waals surface area contributed by atoms with E-state index in [4.69, 9.17) is 0 Å². The standard InChI is InChI=1S/C53H58N2/c1-11-38(12-2)39-21-34-48-49(35-39)51(55(43-28-19-37(4)20-29-43)45-32-24-41(25-33-45)53(8,9)10)47-16-14-13-15-46(47)50(48)54(42-26-17-36(3)18-27-42)44-30-22-40(23-31-44)52(5,6)7/h13-35,38H,11-12H2,1-10H3. The first-order valence-electron chi connectivity index (χ1n) is 20.2. The fourth-order valence-corrected chi connectivity index (χ4v) is 8.07. The molecule has 0 aliphatic carbocycles. The molecule has 7 aromatic carbocycles. The van der Waals surface area contributed by atoms with Crippen LogP contribution in [0, 0.1) is 13.8 Å². The molecule has 0 amide bonds. The van der Waals surface area contributed by atoms with Gasteiger partial charge in [-0.3, -0.25) is 0 Å².